The van der Waals surface area contributed by atoms with E-state index in [-0.39, 0.29) is 30.7 Å². The Bertz CT molecular complexity index is 1370. The quantitative estimate of drug-likeness (QED) is 0.516. The van der Waals surface area contributed by atoms with Crippen LogP contribution < -0.4 is 24.4 Å². The normalized spacial score (nSPS) is 15.5. The van der Waals surface area contributed by atoms with Crippen LogP contribution in [0.15, 0.2) is 65.7 Å². The Hall–Kier alpha value is -3.83. The number of methoxy groups -OCH3 is 1. The second-order valence-electron chi connectivity index (χ2n) is 8.31. The van der Waals surface area contributed by atoms with Crippen LogP contribution >= 0.6 is 0 Å². The number of hydrogen-bond acceptors (Lipinski definition) is 8. The standard InChI is InChI=1S/C25H26N4O6S/c1-33-19-4-2-5-20(15-19)36(31,32)29-12-10-28(11-13-29)24-21(6-3-9-26-24)25(30)27-16-18-7-8-22-23(14-18)35-17-34-22/h2-9,14-15H,10-13,16-17H2,1H3,(H,27,30). The summed E-state index contributed by atoms with van der Waals surface area (Å²) in [4.78, 5) is 19.6. The molecular formula is C25H26N4O6S. The first-order chi connectivity index (χ1) is 17.5. The molecular weight excluding hydrogens is 484 g/mol. The zero-order valence-corrected chi connectivity index (χ0v) is 20.5. The Labute approximate surface area is 209 Å². The third kappa shape index (κ3) is 4.79. The Morgan fingerprint density at radius 2 is 1.83 bits per heavy atom. The molecule has 36 heavy (non-hydrogen) atoms. The first-order valence-corrected chi connectivity index (χ1v) is 12.9. The third-order valence-electron chi connectivity index (χ3n) is 6.14. The monoisotopic (exact) mass is 510 g/mol. The summed E-state index contributed by atoms with van der Waals surface area (Å²) in [6.07, 6.45) is 1.63. The van der Waals surface area contributed by atoms with Gasteiger partial charge in [0.05, 0.1) is 17.6 Å². The molecule has 11 heteroatoms. The second-order valence-corrected chi connectivity index (χ2v) is 10.3. The van der Waals surface area contributed by atoms with Crippen molar-refractivity contribution in [3.05, 3.63) is 71.9 Å². The van der Waals surface area contributed by atoms with Crippen LogP contribution in [-0.2, 0) is 16.6 Å². The van der Waals surface area contributed by atoms with Gasteiger partial charge in [-0.3, -0.25) is 4.79 Å². The van der Waals surface area contributed by atoms with Crippen molar-refractivity contribution in [3.63, 3.8) is 0 Å². The highest BCUT2D eigenvalue weighted by atomic mass is 32.2. The maximum atomic E-state index is 13.1. The molecule has 3 heterocycles. The summed E-state index contributed by atoms with van der Waals surface area (Å²) in [7, 11) is -2.16. The van der Waals surface area contributed by atoms with Gasteiger partial charge in [-0.15, -0.1) is 0 Å². The number of sulfonamides is 1. The van der Waals surface area contributed by atoms with Crippen molar-refractivity contribution < 1.29 is 27.4 Å². The third-order valence-corrected chi connectivity index (χ3v) is 8.03. The fourth-order valence-corrected chi connectivity index (χ4v) is 5.66. The van der Waals surface area contributed by atoms with E-state index in [2.05, 4.69) is 10.3 Å². The van der Waals surface area contributed by atoms with Gasteiger partial charge in [0, 0.05) is 45.0 Å². The minimum Gasteiger partial charge on any atom is -0.497 e. The van der Waals surface area contributed by atoms with E-state index >= 15 is 0 Å². The summed E-state index contributed by atoms with van der Waals surface area (Å²) < 4.78 is 43.6. The highest BCUT2D eigenvalue weighted by Gasteiger charge is 2.30. The SMILES string of the molecule is COc1cccc(S(=O)(=O)N2CCN(c3ncccc3C(=O)NCc3ccc4c(c3)OCO4)CC2)c1. The average molecular weight is 511 g/mol. The molecule has 5 rings (SSSR count). The van der Waals surface area contributed by atoms with Gasteiger partial charge < -0.3 is 24.4 Å². The van der Waals surface area contributed by atoms with E-state index in [9.17, 15) is 13.2 Å². The lowest BCUT2D eigenvalue weighted by atomic mass is 10.1. The van der Waals surface area contributed by atoms with E-state index in [1.54, 1.807) is 36.5 Å². The number of aromatic nitrogens is 1. The zero-order valence-electron chi connectivity index (χ0n) is 19.7. The van der Waals surface area contributed by atoms with Gasteiger partial charge in [0.15, 0.2) is 11.5 Å². The van der Waals surface area contributed by atoms with Crippen molar-refractivity contribution in [3.8, 4) is 17.2 Å². The summed E-state index contributed by atoms with van der Waals surface area (Å²) in [6.45, 7) is 1.86. The molecule has 1 fully saturated rings. The number of fused-ring (bicyclic) bond motifs is 1. The number of amides is 1. The number of pyridine rings is 1. The summed E-state index contributed by atoms with van der Waals surface area (Å²) in [5.74, 6) is 2.10. The molecule has 0 unspecified atom stereocenters. The van der Waals surface area contributed by atoms with Crippen LogP contribution in [-0.4, -0.2) is 63.7 Å². The number of carbonyl (C=O) groups excluding carboxylic acids is 1. The molecule has 0 radical (unpaired) electrons. The zero-order chi connectivity index (χ0) is 25.1. The van der Waals surface area contributed by atoms with E-state index < -0.39 is 10.0 Å². The van der Waals surface area contributed by atoms with Crippen molar-refractivity contribution in [1.29, 1.82) is 0 Å². The lowest BCUT2D eigenvalue weighted by molar-refractivity contribution is 0.0951. The van der Waals surface area contributed by atoms with Gasteiger partial charge >= 0.3 is 0 Å². The molecule has 10 nitrogen and oxygen atoms in total. The van der Waals surface area contributed by atoms with Gasteiger partial charge in [0.25, 0.3) is 5.91 Å². The van der Waals surface area contributed by atoms with Crippen molar-refractivity contribution in [2.75, 3.05) is 45.0 Å². The molecule has 2 aliphatic rings. The highest BCUT2D eigenvalue weighted by Crippen LogP contribution is 2.32. The van der Waals surface area contributed by atoms with Gasteiger partial charge in [-0.05, 0) is 42.0 Å². The number of nitrogens with zero attached hydrogens (tertiary/aromatic N) is 3. The predicted octanol–water partition coefficient (Wildman–Crippen LogP) is 2.26. The Morgan fingerprint density at radius 1 is 1.03 bits per heavy atom. The van der Waals surface area contributed by atoms with E-state index in [0.29, 0.717) is 48.3 Å². The molecule has 0 saturated carbocycles. The summed E-state index contributed by atoms with van der Waals surface area (Å²) in [6, 6.07) is 15.4. The molecule has 2 aromatic carbocycles. The number of ether oxygens (including phenoxy) is 3. The summed E-state index contributed by atoms with van der Waals surface area (Å²) in [5.41, 5.74) is 1.32. The first-order valence-electron chi connectivity index (χ1n) is 11.5. The lowest BCUT2D eigenvalue weighted by Gasteiger charge is -2.35. The van der Waals surface area contributed by atoms with Gasteiger partial charge in [0.1, 0.15) is 11.6 Å². The molecule has 0 atom stereocenters. The summed E-state index contributed by atoms with van der Waals surface area (Å²) in [5, 5.41) is 2.93. The lowest BCUT2D eigenvalue weighted by Crippen LogP contribution is -2.49. The molecule has 1 amide bonds. The topological polar surface area (TPSA) is 110 Å². The van der Waals surface area contributed by atoms with Gasteiger partial charge in [0.2, 0.25) is 16.8 Å². The number of nitrogens with one attached hydrogen (secondary N) is 1. The molecule has 0 spiro atoms. The van der Waals surface area contributed by atoms with E-state index in [1.165, 1.54) is 17.5 Å². The number of rotatable bonds is 7. The smallest absolute Gasteiger partial charge is 0.255 e. The molecule has 2 aliphatic heterocycles. The molecule has 1 aromatic heterocycles. The van der Waals surface area contributed by atoms with Crippen LogP contribution in [0.5, 0.6) is 17.2 Å². The van der Waals surface area contributed by atoms with Crippen LogP contribution in [0.3, 0.4) is 0 Å². The number of piperazine rings is 1. The van der Waals surface area contributed by atoms with Crippen LogP contribution in [0.4, 0.5) is 5.82 Å². The van der Waals surface area contributed by atoms with E-state index in [4.69, 9.17) is 14.2 Å². The van der Waals surface area contributed by atoms with E-state index in [1.807, 2.05) is 23.1 Å². The molecule has 0 bridgehead atoms. The molecule has 1 saturated heterocycles. The van der Waals surface area contributed by atoms with Gasteiger partial charge in [-0.2, -0.15) is 4.31 Å². The largest absolute Gasteiger partial charge is 0.497 e. The molecule has 188 valence electrons. The molecule has 0 aliphatic carbocycles. The highest BCUT2D eigenvalue weighted by molar-refractivity contribution is 7.89. The fraction of sp³-hybridized carbons (Fsp3) is 0.280. The van der Waals surface area contributed by atoms with Crippen molar-refractivity contribution in [1.82, 2.24) is 14.6 Å². The van der Waals surface area contributed by atoms with Crippen molar-refractivity contribution in [2.24, 2.45) is 0 Å². The predicted molar refractivity (Wildman–Crippen MR) is 132 cm³/mol. The summed E-state index contributed by atoms with van der Waals surface area (Å²) >= 11 is 0. The fourth-order valence-electron chi connectivity index (χ4n) is 4.21. The average Bonchev–Trinajstić information content (AvgIpc) is 3.40. The van der Waals surface area contributed by atoms with Crippen LogP contribution in [0.2, 0.25) is 0 Å². The first kappa shape index (κ1) is 23.9. The van der Waals surface area contributed by atoms with Crippen LogP contribution in [0.25, 0.3) is 0 Å². The van der Waals surface area contributed by atoms with E-state index in [0.717, 1.165) is 5.56 Å². The van der Waals surface area contributed by atoms with Crippen molar-refractivity contribution >= 4 is 21.7 Å². The van der Waals surface area contributed by atoms with Gasteiger partial charge in [-0.1, -0.05) is 12.1 Å². The Kier molecular flexibility index (Phi) is 6.66. The molecule has 3 aromatic rings. The number of benzene rings is 2. The Balaban J connectivity index is 1.25. The van der Waals surface area contributed by atoms with Crippen molar-refractivity contribution in [2.45, 2.75) is 11.4 Å². The minimum absolute atomic E-state index is 0.191. The van der Waals surface area contributed by atoms with Gasteiger partial charge in [-0.25, -0.2) is 13.4 Å². The maximum absolute atomic E-state index is 13.1. The number of hydrogen-bond donors (Lipinski definition) is 1. The van der Waals surface area contributed by atoms with Crippen LogP contribution in [0, 0.1) is 0 Å². The maximum Gasteiger partial charge on any atom is 0.255 e. The molecule has 1 N–H and O–H groups in total. The second kappa shape index (κ2) is 10.0. The Morgan fingerprint density at radius 3 is 2.64 bits per heavy atom. The minimum atomic E-state index is -3.66. The van der Waals surface area contributed by atoms with Crippen LogP contribution in [0.1, 0.15) is 15.9 Å². The number of carbonyl (C=O) groups is 1. The number of anilines is 1.